The first-order valence-electron chi connectivity index (χ1n) is 4.48. The Kier molecular flexibility index (Phi) is 4.31. The molecule has 0 aromatic carbocycles. The highest BCUT2D eigenvalue weighted by Gasteiger charge is 2.13. The molecule has 1 heterocycles. The van der Waals surface area contributed by atoms with Crippen LogP contribution in [-0.2, 0) is 4.74 Å². The Balaban J connectivity index is 2.05. The summed E-state index contributed by atoms with van der Waals surface area (Å²) in [7, 11) is 0. The van der Waals surface area contributed by atoms with Crippen LogP contribution in [0.25, 0.3) is 0 Å². The lowest BCUT2D eigenvalue weighted by Crippen LogP contribution is -2.18. The van der Waals surface area contributed by atoms with Crippen LogP contribution in [0.1, 0.15) is 26.7 Å². The Morgan fingerprint density at radius 2 is 2.00 bits per heavy atom. The topological polar surface area (TPSA) is 9.23 Å². The van der Waals surface area contributed by atoms with E-state index in [1.807, 2.05) is 0 Å². The number of rotatable bonds is 3. The minimum atomic E-state index is 0.836. The zero-order chi connectivity index (χ0) is 8.10. The molecule has 1 fully saturated rings. The minimum Gasteiger partial charge on any atom is -0.381 e. The quantitative estimate of drug-likeness (QED) is 0.650. The first-order valence-corrected chi connectivity index (χ1v) is 5.53. The molecule has 66 valence electrons. The zero-order valence-electron chi connectivity index (χ0n) is 7.51. The summed E-state index contributed by atoms with van der Waals surface area (Å²) in [5, 5.41) is 0.881. The summed E-state index contributed by atoms with van der Waals surface area (Å²) in [6.45, 7) is 6.53. The summed E-state index contributed by atoms with van der Waals surface area (Å²) in [6, 6.07) is 0. The van der Waals surface area contributed by atoms with Crippen molar-refractivity contribution in [2.45, 2.75) is 31.9 Å². The van der Waals surface area contributed by atoms with Gasteiger partial charge in [0.1, 0.15) is 0 Å². The van der Waals surface area contributed by atoms with Gasteiger partial charge in [-0.3, -0.25) is 0 Å². The summed E-state index contributed by atoms with van der Waals surface area (Å²) in [5.41, 5.74) is 0. The van der Waals surface area contributed by atoms with Crippen LogP contribution in [0.5, 0.6) is 0 Å². The van der Waals surface area contributed by atoms with Gasteiger partial charge in [0, 0.05) is 18.5 Å². The molecule has 1 nitrogen and oxygen atoms in total. The van der Waals surface area contributed by atoms with E-state index in [2.05, 4.69) is 25.6 Å². The Morgan fingerprint density at radius 3 is 2.55 bits per heavy atom. The highest BCUT2D eigenvalue weighted by Crippen LogP contribution is 2.23. The number of ether oxygens (including phenoxy) is 1. The van der Waals surface area contributed by atoms with E-state index < -0.39 is 0 Å². The van der Waals surface area contributed by atoms with E-state index in [9.17, 15) is 0 Å². The zero-order valence-corrected chi connectivity index (χ0v) is 8.32. The van der Waals surface area contributed by atoms with E-state index >= 15 is 0 Å². The second kappa shape index (κ2) is 5.04. The third kappa shape index (κ3) is 4.02. The van der Waals surface area contributed by atoms with Gasteiger partial charge in [-0.1, -0.05) is 13.8 Å². The molecule has 0 amide bonds. The van der Waals surface area contributed by atoms with E-state index in [0.717, 1.165) is 24.4 Å². The van der Waals surface area contributed by atoms with Crippen LogP contribution in [0.2, 0.25) is 0 Å². The Bertz CT molecular complexity index is 97.7. The molecule has 1 aliphatic rings. The van der Waals surface area contributed by atoms with Crippen molar-refractivity contribution in [2.24, 2.45) is 5.92 Å². The van der Waals surface area contributed by atoms with Crippen molar-refractivity contribution in [3.8, 4) is 0 Å². The first kappa shape index (κ1) is 9.40. The van der Waals surface area contributed by atoms with Gasteiger partial charge in [0.2, 0.25) is 0 Å². The normalized spacial score (nSPS) is 21.0. The lowest BCUT2D eigenvalue weighted by molar-refractivity contribution is 0.1000. The predicted molar refractivity (Wildman–Crippen MR) is 51.1 cm³/mol. The Hall–Kier alpha value is 0.310. The fourth-order valence-corrected chi connectivity index (χ4v) is 2.35. The van der Waals surface area contributed by atoms with Crippen molar-refractivity contribution in [3.05, 3.63) is 0 Å². The van der Waals surface area contributed by atoms with Gasteiger partial charge in [0.25, 0.3) is 0 Å². The van der Waals surface area contributed by atoms with Gasteiger partial charge >= 0.3 is 0 Å². The molecular formula is C9H18OS. The van der Waals surface area contributed by atoms with Gasteiger partial charge < -0.3 is 4.74 Å². The summed E-state index contributed by atoms with van der Waals surface area (Å²) in [4.78, 5) is 0. The van der Waals surface area contributed by atoms with E-state index in [1.54, 1.807) is 0 Å². The van der Waals surface area contributed by atoms with Crippen molar-refractivity contribution in [2.75, 3.05) is 19.0 Å². The first-order chi connectivity index (χ1) is 5.29. The van der Waals surface area contributed by atoms with Gasteiger partial charge in [-0.2, -0.15) is 11.8 Å². The molecule has 0 aromatic rings. The highest BCUT2D eigenvalue weighted by molar-refractivity contribution is 7.99. The molecule has 1 rings (SSSR count). The molecule has 2 heteroatoms. The molecule has 0 bridgehead atoms. The van der Waals surface area contributed by atoms with Crippen LogP contribution in [0.15, 0.2) is 0 Å². The lowest BCUT2D eigenvalue weighted by Gasteiger charge is -2.22. The smallest absolute Gasteiger partial charge is 0.0476 e. The van der Waals surface area contributed by atoms with Crippen molar-refractivity contribution in [1.82, 2.24) is 0 Å². The molecule has 0 radical (unpaired) electrons. The molecular weight excluding hydrogens is 156 g/mol. The maximum absolute atomic E-state index is 5.29. The van der Waals surface area contributed by atoms with Crippen LogP contribution in [0.3, 0.4) is 0 Å². The predicted octanol–water partition coefficient (Wildman–Crippen LogP) is 2.55. The lowest BCUT2D eigenvalue weighted by atomic mass is 10.2. The van der Waals surface area contributed by atoms with Crippen LogP contribution in [0.4, 0.5) is 0 Å². The molecule has 11 heavy (non-hydrogen) atoms. The number of thioether (sulfide) groups is 1. The van der Waals surface area contributed by atoms with E-state index in [4.69, 9.17) is 4.74 Å². The van der Waals surface area contributed by atoms with E-state index in [-0.39, 0.29) is 0 Å². The molecule has 1 aliphatic heterocycles. The van der Waals surface area contributed by atoms with Gasteiger partial charge in [-0.05, 0) is 24.5 Å². The van der Waals surface area contributed by atoms with Crippen LogP contribution < -0.4 is 0 Å². The van der Waals surface area contributed by atoms with Crippen molar-refractivity contribution < 1.29 is 4.74 Å². The molecule has 0 unspecified atom stereocenters. The summed E-state index contributed by atoms with van der Waals surface area (Å²) in [6.07, 6.45) is 2.52. The summed E-state index contributed by atoms with van der Waals surface area (Å²) < 4.78 is 5.29. The molecule has 0 saturated carbocycles. The maximum Gasteiger partial charge on any atom is 0.0476 e. The second-order valence-corrected chi connectivity index (χ2v) is 4.87. The average Bonchev–Trinajstić information content (AvgIpc) is 2.03. The SMILES string of the molecule is CC(C)CSC1CCOCC1. The monoisotopic (exact) mass is 174 g/mol. The van der Waals surface area contributed by atoms with Crippen molar-refractivity contribution in [1.29, 1.82) is 0 Å². The van der Waals surface area contributed by atoms with Crippen molar-refractivity contribution in [3.63, 3.8) is 0 Å². The van der Waals surface area contributed by atoms with Gasteiger partial charge in [-0.15, -0.1) is 0 Å². The largest absolute Gasteiger partial charge is 0.381 e. The molecule has 0 N–H and O–H groups in total. The van der Waals surface area contributed by atoms with Crippen LogP contribution in [-0.4, -0.2) is 24.2 Å². The van der Waals surface area contributed by atoms with Gasteiger partial charge in [-0.25, -0.2) is 0 Å². The van der Waals surface area contributed by atoms with E-state index in [1.165, 1.54) is 18.6 Å². The van der Waals surface area contributed by atoms with Gasteiger partial charge in [0.05, 0.1) is 0 Å². The highest BCUT2D eigenvalue weighted by atomic mass is 32.2. The fourth-order valence-electron chi connectivity index (χ4n) is 1.17. The summed E-state index contributed by atoms with van der Waals surface area (Å²) >= 11 is 2.13. The standard InChI is InChI=1S/C9H18OS/c1-8(2)7-11-9-3-5-10-6-4-9/h8-9H,3-7H2,1-2H3. The molecule has 0 atom stereocenters. The number of hydrogen-bond donors (Lipinski definition) is 0. The molecule has 0 aliphatic carbocycles. The third-order valence-electron chi connectivity index (χ3n) is 1.83. The Labute approximate surface area is 73.9 Å². The Morgan fingerprint density at radius 1 is 1.36 bits per heavy atom. The fraction of sp³-hybridized carbons (Fsp3) is 1.00. The average molecular weight is 174 g/mol. The molecule has 1 saturated heterocycles. The number of hydrogen-bond acceptors (Lipinski definition) is 2. The van der Waals surface area contributed by atoms with Crippen LogP contribution in [0, 0.1) is 5.92 Å². The molecule has 0 spiro atoms. The van der Waals surface area contributed by atoms with Gasteiger partial charge in [0.15, 0.2) is 0 Å². The minimum absolute atomic E-state index is 0.836. The second-order valence-electron chi connectivity index (χ2n) is 3.54. The third-order valence-corrected chi connectivity index (χ3v) is 3.64. The maximum atomic E-state index is 5.29. The van der Waals surface area contributed by atoms with Crippen LogP contribution >= 0.6 is 11.8 Å². The molecule has 0 aromatic heterocycles. The summed E-state index contributed by atoms with van der Waals surface area (Å²) in [5.74, 6) is 2.15. The van der Waals surface area contributed by atoms with Crippen molar-refractivity contribution >= 4 is 11.8 Å². The van der Waals surface area contributed by atoms with E-state index in [0.29, 0.717) is 0 Å².